The second kappa shape index (κ2) is 4.79. The van der Waals surface area contributed by atoms with Gasteiger partial charge in [-0.3, -0.25) is 0 Å². The van der Waals surface area contributed by atoms with Crippen LogP contribution in [0.3, 0.4) is 0 Å². The Kier molecular flexibility index (Phi) is 3.97. The van der Waals surface area contributed by atoms with Gasteiger partial charge < -0.3 is 24.3 Å². The molecule has 0 radical (unpaired) electrons. The molecule has 0 aliphatic carbocycles. The molecule has 3 atom stereocenters. The molecule has 0 spiro atoms. The van der Waals surface area contributed by atoms with Crippen molar-refractivity contribution < 1.29 is 24.3 Å². The van der Waals surface area contributed by atoms with E-state index in [4.69, 9.17) is 24.3 Å². The van der Waals surface area contributed by atoms with Crippen LogP contribution in [0.1, 0.15) is 0 Å². The maximum atomic E-state index is 8.82. The fourth-order valence-corrected chi connectivity index (χ4v) is 1.11. The third-order valence-corrected chi connectivity index (χ3v) is 1.82. The molecule has 2 N–H and O–H groups in total. The van der Waals surface area contributed by atoms with Crippen LogP contribution in [0.15, 0.2) is 0 Å². The van der Waals surface area contributed by atoms with Crippen LogP contribution < -0.4 is 0 Å². The zero-order valence-corrected chi connectivity index (χ0v) is 6.97. The summed E-state index contributed by atoms with van der Waals surface area (Å²) in [6.45, 7) is 0.0747. The summed E-state index contributed by atoms with van der Waals surface area (Å²) in [6, 6.07) is 0. The molecule has 1 aliphatic rings. The average Bonchev–Trinajstić information content (AvgIpc) is 2.55. The number of aliphatic hydroxyl groups is 2. The molecule has 1 fully saturated rings. The first-order chi connectivity index (χ1) is 5.81. The van der Waals surface area contributed by atoms with Crippen LogP contribution >= 0.6 is 0 Å². The number of hydrogen-bond donors (Lipinski definition) is 2. The lowest BCUT2D eigenvalue weighted by Gasteiger charge is -2.18. The van der Waals surface area contributed by atoms with Crippen molar-refractivity contribution in [3.05, 3.63) is 0 Å². The van der Waals surface area contributed by atoms with Crippen LogP contribution in [0.2, 0.25) is 0 Å². The van der Waals surface area contributed by atoms with E-state index in [1.54, 1.807) is 0 Å². The van der Waals surface area contributed by atoms with Crippen LogP contribution in [0, 0.1) is 0 Å². The van der Waals surface area contributed by atoms with Gasteiger partial charge in [-0.1, -0.05) is 0 Å². The Morgan fingerprint density at radius 1 is 1.58 bits per heavy atom. The van der Waals surface area contributed by atoms with Gasteiger partial charge in [-0.25, -0.2) is 0 Å². The molecule has 1 rings (SSSR count). The molecular weight excluding hydrogens is 163 g/mol. The highest BCUT2D eigenvalue weighted by atomic mass is 16.7. The molecule has 1 saturated heterocycles. The molecule has 0 aromatic rings. The van der Waals surface area contributed by atoms with E-state index >= 15 is 0 Å². The van der Waals surface area contributed by atoms with E-state index in [-0.39, 0.29) is 25.4 Å². The Morgan fingerprint density at radius 3 is 2.75 bits per heavy atom. The van der Waals surface area contributed by atoms with Gasteiger partial charge in [-0.05, 0) is 0 Å². The van der Waals surface area contributed by atoms with Crippen LogP contribution in [-0.4, -0.2) is 56.6 Å². The minimum atomic E-state index is -0.570. The summed E-state index contributed by atoms with van der Waals surface area (Å²) in [7, 11) is 1.50. The third kappa shape index (κ3) is 2.18. The van der Waals surface area contributed by atoms with Gasteiger partial charge in [-0.2, -0.15) is 0 Å². The van der Waals surface area contributed by atoms with Gasteiger partial charge in [0.15, 0.2) is 6.29 Å². The SMILES string of the molecule is BOC(CO)C1COC(CO)O1. The topological polar surface area (TPSA) is 68.2 Å². The van der Waals surface area contributed by atoms with E-state index in [0.29, 0.717) is 6.61 Å². The van der Waals surface area contributed by atoms with Gasteiger partial charge in [0, 0.05) is 0 Å². The number of ether oxygens (including phenoxy) is 2. The van der Waals surface area contributed by atoms with Crippen molar-refractivity contribution in [3.8, 4) is 0 Å². The molecule has 0 aromatic carbocycles. The lowest BCUT2D eigenvalue weighted by molar-refractivity contribution is -0.105. The van der Waals surface area contributed by atoms with Gasteiger partial charge in [0.2, 0.25) is 0 Å². The highest BCUT2D eigenvalue weighted by molar-refractivity contribution is 5.98. The van der Waals surface area contributed by atoms with Gasteiger partial charge >= 0.3 is 0 Å². The molecule has 0 aromatic heterocycles. The minimum absolute atomic E-state index is 0.108. The highest BCUT2D eigenvalue weighted by Crippen LogP contribution is 2.15. The monoisotopic (exact) mass is 176 g/mol. The first-order valence-corrected chi connectivity index (χ1v) is 3.83. The van der Waals surface area contributed by atoms with Crippen molar-refractivity contribution in [1.82, 2.24) is 0 Å². The van der Waals surface area contributed by atoms with Crippen molar-refractivity contribution in [2.24, 2.45) is 0 Å². The molecule has 3 unspecified atom stereocenters. The summed E-state index contributed by atoms with van der Waals surface area (Å²) in [5.74, 6) is 0. The smallest absolute Gasteiger partial charge is 0.257 e. The molecule has 0 amide bonds. The normalized spacial score (nSPS) is 32.2. The predicted molar refractivity (Wildman–Crippen MR) is 42.2 cm³/mol. The van der Waals surface area contributed by atoms with E-state index in [0.717, 1.165) is 0 Å². The van der Waals surface area contributed by atoms with Gasteiger partial charge in [0.25, 0.3) is 8.05 Å². The first kappa shape index (κ1) is 9.95. The molecule has 1 heterocycles. The molecule has 5 nitrogen and oxygen atoms in total. The second-order valence-electron chi connectivity index (χ2n) is 2.58. The quantitative estimate of drug-likeness (QED) is 0.469. The molecule has 0 bridgehead atoms. The molecular formula is C6H13BO5. The third-order valence-electron chi connectivity index (χ3n) is 1.82. The fourth-order valence-electron chi connectivity index (χ4n) is 1.11. The van der Waals surface area contributed by atoms with Gasteiger partial charge in [0.1, 0.15) is 6.10 Å². The van der Waals surface area contributed by atoms with E-state index in [1.165, 1.54) is 8.05 Å². The van der Waals surface area contributed by atoms with E-state index in [9.17, 15) is 0 Å². The van der Waals surface area contributed by atoms with Crippen molar-refractivity contribution in [2.45, 2.75) is 18.5 Å². The van der Waals surface area contributed by atoms with Crippen molar-refractivity contribution in [3.63, 3.8) is 0 Å². The summed E-state index contributed by atoms with van der Waals surface area (Å²) < 4.78 is 15.2. The molecule has 6 heteroatoms. The Labute approximate surface area is 71.7 Å². The number of hydrogen-bond acceptors (Lipinski definition) is 5. The molecule has 1 aliphatic heterocycles. The largest absolute Gasteiger partial charge is 0.436 e. The Hall–Kier alpha value is -0.135. The standard InChI is InChI=1S/C6H13BO5/c7-12-4(1-8)5-3-10-6(2-9)11-5/h4-6,8-9H,1-3,7H2. The van der Waals surface area contributed by atoms with Crippen LogP contribution in [0.25, 0.3) is 0 Å². The zero-order valence-electron chi connectivity index (χ0n) is 6.97. The second-order valence-corrected chi connectivity index (χ2v) is 2.58. The van der Waals surface area contributed by atoms with Crippen LogP contribution in [0.5, 0.6) is 0 Å². The van der Waals surface area contributed by atoms with Crippen LogP contribution in [0.4, 0.5) is 0 Å². The fraction of sp³-hybridized carbons (Fsp3) is 1.00. The predicted octanol–water partition coefficient (Wildman–Crippen LogP) is -2.35. The summed E-state index contributed by atoms with van der Waals surface area (Å²) >= 11 is 0. The number of aliphatic hydroxyl groups excluding tert-OH is 2. The van der Waals surface area contributed by atoms with Crippen LogP contribution in [-0.2, 0) is 14.1 Å². The lowest BCUT2D eigenvalue weighted by atomic mass is 10.2. The molecule has 0 saturated carbocycles. The maximum Gasteiger partial charge on any atom is 0.257 e. The molecule has 70 valence electrons. The summed E-state index contributed by atoms with van der Waals surface area (Å²) in [5.41, 5.74) is 0. The highest BCUT2D eigenvalue weighted by Gasteiger charge is 2.31. The average molecular weight is 176 g/mol. The number of rotatable bonds is 4. The van der Waals surface area contributed by atoms with Gasteiger partial charge in [0.05, 0.1) is 25.9 Å². The minimum Gasteiger partial charge on any atom is -0.436 e. The van der Waals surface area contributed by atoms with E-state index in [2.05, 4.69) is 0 Å². The summed E-state index contributed by atoms with van der Waals surface area (Å²) in [5, 5.41) is 17.5. The van der Waals surface area contributed by atoms with Gasteiger partial charge in [-0.15, -0.1) is 0 Å². The van der Waals surface area contributed by atoms with Crippen molar-refractivity contribution in [1.29, 1.82) is 0 Å². The Morgan fingerprint density at radius 2 is 2.33 bits per heavy atom. The summed E-state index contributed by atoms with van der Waals surface area (Å²) in [6.07, 6.45) is -1.22. The lowest BCUT2D eigenvalue weighted by Crippen LogP contribution is -2.34. The first-order valence-electron chi connectivity index (χ1n) is 3.83. The molecule has 12 heavy (non-hydrogen) atoms. The van der Waals surface area contributed by atoms with Crippen molar-refractivity contribution in [2.75, 3.05) is 19.8 Å². The van der Waals surface area contributed by atoms with E-state index < -0.39 is 6.29 Å². The zero-order chi connectivity index (χ0) is 8.97. The van der Waals surface area contributed by atoms with Crippen molar-refractivity contribution >= 4 is 8.05 Å². The summed E-state index contributed by atoms with van der Waals surface area (Å²) in [4.78, 5) is 0. The Bertz CT molecular complexity index is 129. The Balaban J connectivity index is 2.34. The van der Waals surface area contributed by atoms with E-state index in [1.807, 2.05) is 0 Å². The maximum absolute atomic E-state index is 8.82.